The van der Waals surface area contributed by atoms with Gasteiger partial charge in [0.2, 0.25) is 0 Å². The number of aliphatic hydroxyl groups excluding tert-OH is 1. The Balaban J connectivity index is 1.87. The molecule has 1 aromatic carbocycles. The minimum Gasteiger partial charge on any atom is -0.491 e. The highest BCUT2D eigenvalue weighted by Crippen LogP contribution is 2.24. The van der Waals surface area contributed by atoms with Gasteiger partial charge in [0.1, 0.15) is 18.5 Å². The third-order valence-electron chi connectivity index (χ3n) is 4.48. The summed E-state index contributed by atoms with van der Waals surface area (Å²) in [4.78, 5) is 31.2. The van der Waals surface area contributed by atoms with E-state index in [1.165, 1.54) is 16.3 Å². The first-order valence-electron chi connectivity index (χ1n) is 9.55. The number of aromatic nitrogens is 4. The van der Waals surface area contributed by atoms with Crippen molar-refractivity contribution in [3.63, 3.8) is 0 Å². The van der Waals surface area contributed by atoms with E-state index in [2.05, 4.69) is 23.8 Å². The molecule has 0 fully saturated rings. The molecule has 2 N–H and O–H groups in total. The van der Waals surface area contributed by atoms with Crippen molar-refractivity contribution < 1.29 is 9.84 Å². The molecule has 0 aliphatic heterocycles. The van der Waals surface area contributed by atoms with Gasteiger partial charge in [0, 0.05) is 12.8 Å². The predicted octanol–water partition coefficient (Wildman–Crippen LogP) is 2.00. The lowest BCUT2D eigenvalue weighted by atomic mass is 10.2. The maximum absolute atomic E-state index is 12.5. The standard InChI is InChI=1S/C20H26N4O4S/c1-13(2)9-10-29-20-21-17-16(18(26)22-19(27)23(17)3)24(20)11-14(25)12-28-15-7-5-4-6-8-15/h4-8,13-14,25H,9-12H2,1-3H3,(H,22,26,27). The molecule has 1 atom stereocenters. The molecule has 3 rings (SSSR count). The number of thioether (sulfide) groups is 1. The molecule has 0 saturated carbocycles. The molecule has 0 radical (unpaired) electrons. The SMILES string of the molecule is CC(C)CCSc1nc2c(c(=O)[nH]c(=O)n2C)n1CC(O)COc1ccccc1. The van der Waals surface area contributed by atoms with Crippen molar-refractivity contribution in [2.75, 3.05) is 12.4 Å². The van der Waals surface area contributed by atoms with Crippen molar-refractivity contribution in [3.05, 3.63) is 51.2 Å². The molecule has 2 aromatic heterocycles. The largest absolute Gasteiger partial charge is 0.491 e. The monoisotopic (exact) mass is 418 g/mol. The van der Waals surface area contributed by atoms with Crippen LogP contribution < -0.4 is 16.0 Å². The van der Waals surface area contributed by atoms with Crippen LogP contribution in [-0.4, -0.2) is 42.7 Å². The first-order chi connectivity index (χ1) is 13.9. The van der Waals surface area contributed by atoms with Gasteiger partial charge in [-0.05, 0) is 24.5 Å². The van der Waals surface area contributed by atoms with E-state index in [4.69, 9.17) is 4.74 Å². The van der Waals surface area contributed by atoms with Crippen LogP contribution in [0.25, 0.3) is 11.2 Å². The molecule has 9 heteroatoms. The number of nitrogens with zero attached hydrogens (tertiary/aromatic N) is 3. The van der Waals surface area contributed by atoms with Crippen molar-refractivity contribution in [2.24, 2.45) is 13.0 Å². The summed E-state index contributed by atoms with van der Waals surface area (Å²) in [7, 11) is 1.56. The molecule has 2 heterocycles. The van der Waals surface area contributed by atoms with Crippen LogP contribution in [-0.2, 0) is 13.6 Å². The lowest BCUT2D eigenvalue weighted by Crippen LogP contribution is -2.30. The molecular weight excluding hydrogens is 392 g/mol. The van der Waals surface area contributed by atoms with E-state index in [0.717, 1.165) is 12.2 Å². The summed E-state index contributed by atoms with van der Waals surface area (Å²) in [6.45, 7) is 4.49. The highest BCUT2D eigenvalue weighted by Gasteiger charge is 2.20. The van der Waals surface area contributed by atoms with Crippen molar-refractivity contribution in [1.29, 1.82) is 0 Å². The molecule has 0 saturated heterocycles. The summed E-state index contributed by atoms with van der Waals surface area (Å²) in [5.74, 6) is 2.02. The van der Waals surface area contributed by atoms with E-state index >= 15 is 0 Å². The maximum Gasteiger partial charge on any atom is 0.329 e. The first kappa shape index (κ1) is 21.2. The second-order valence-corrected chi connectivity index (χ2v) is 8.37. The first-order valence-corrected chi connectivity index (χ1v) is 10.5. The Hall–Kier alpha value is -2.52. The lowest BCUT2D eigenvalue weighted by molar-refractivity contribution is 0.0914. The normalized spacial score (nSPS) is 12.6. The summed E-state index contributed by atoms with van der Waals surface area (Å²) in [6.07, 6.45) is 0.136. The molecule has 8 nitrogen and oxygen atoms in total. The second-order valence-electron chi connectivity index (χ2n) is 7.30. The number of ether oxygens (including phenoxy) is 1. The van der Waals surface area contributed by atoms with Crippen LogP contribution in [0.3, 0.4) is 0 Å². The minimum absolute atomic E-state index is 0.0729. The van der Waals surface area contributed by atoms with Crippen LogP contribution in [0, 0.1) is 5.92 Å². The smallest absolute Gasteiger partial charge is 0.329 e. The predicted molar refractivity (Wildman–Crippen MR) is 114 cm³/mol. The maximum atomic E-state index is 12.5. The van der Waals surface area contributed by atoms with Crippen LogP contribution >= 0.6 is 11.8 Å². The van der Waals surface area contributed by atoms with Crippen molar-refractivity contribution in [3.8, 4) is 5.75 Å². The van der Waals surface area contributed by atoms with E-state index < -0.39 is 17.4 Å². The third kappa shape index (κ3) is 5.10. The number of hydrogen-bond donors (Lipinski definition) is 2. The molecule has 29 heavy (non-hydrogen) atoms. The topological polar surface area (TPSA) is 102 Å². The Morgan fingerprint density at radius 3 is 2.66 bits per heavy atom. The van der Waals surface area contributed by atoms with Crippen LogP contribution in [0.15, 0.2) is 45.1 Å². The quantitative estimate of drug-likeness (QED) is 0.516. The van der Waals surface area contributed by atoms with Gasteiger partial charge in [0.15, 0.2) is 16.3 Å². The number of H-pyrrole nitrogens is 1. The Morgan fingerprint density at radius 1 is 1.24 bits per heavy atom. The molecule has 0 aliphatic rings. The zero-order valence-corrected chi connectivity index (χ0v) is 17.6. The highest BCUT2D eigenvalue weighted by atomic mass is 32.2. The number of nitrogens with one attached hydrogen (secondary N) is 1. The van der Waals surface area contributed by atoms with Crippen molar-refractivity contribution >= 4 is 22.9 Å². The van der Waals surface area contributed by atoms with Gasteiger partial charge in [-0.15, -0.1) is 0 Å². The van der Waals surface area contributed by atoms with E-state index in [0.29, 0.717) is 22.5 Å². The Labute approximate surface area is 172 Å². The van der Waals surface area contributed by atoms with Crippen molar-refractivity contribution in [2.45, 2.75) is 38.1 Å². The molecule has 1 unspecified atom stereocenters. The lowest BCUT2D eigenvalue weighted by Gasteiger charge is -2.15. The summed E-state index contributed by atoms with van der Waals surface area (Å²) < 4.78 is 8.61. The number of rotatable bonds is 9. The Morgan fingerprint density at radius 2 is 1.97 bits per heavy atom. The van der Waals surface area contributed by atoms with Crippen LogP contribution in [0.5, 0.6) is 5.75 Å². The average Bonchev–Trinajstić information content (AvgIpc) is 3.04. The number of imidazole rings is 1. The number of hydrogen-bond acceptors (Lipinski definition) is 6. The molecule has 0 spiro atoms. The van der Waals surface area contributed by atoms with E-state index in [9.17, 15) is 14.7 Å². The average molecular weight is 419 g/mol. The summed E-state index contributed by atoms with van der Waals surface area (Å²) in [5, 5.41) is 11.1. The molecule has 0 amide bonds. The van der Waals surface area contributed by atoms with Gasteiger partial charge in [-0.3, -0.25) is 14.3 Å². The molecule has 3 aromatic rings. The zero-order chi connectivity index (χ0) is 21.0. The van der Waals surface area contributed by atoms with Gasteiger partial charge in [-0.25, -0.2) is 9.78 Å². The third-order valence-corrected chi connectivity index (χ3v) is 5.49. The van der Waals surface area contributed by atoms with E-state index in [1.54, 1.807) is 11.6 Å². The van der Waals surface area contributed by atoms with Gasteiger partial charge in [-0.1, -0.05) is 43.8 Å². The number of aryl methyl sites for hydroxylation is 1. The van der Waals surface area contributed by atoms with Gasteiger partial charge >= 0.3 is 5.69 Å². The Kier molecular flexibility index (Phi) is 6.81. The summed E-state index contributed by atoms with van der Waals surface area (Å²) >= 11 is 1.51. The molecule has 0 bridgehead atoms. The number of benzene rings is 1. The number of aromatic amines is 1. The van der Waals surface area contributed by atoms with Gasteiger partial charge < -0.3 is 14.4 Å². The fraction of sp³-hybridized carbons (Fsp3) is 0.450. The van der Waals surface area contributed by atoms with E-state index in [-0.39, 0.29) is 18.7 Å². The van der Waals surface area contributed by atoms with Crippen molar-refractivity contribution in [1.82, 2.24) is 19.1 Å². The highest BCUT2D eigenvalue weighted by molar-refractivity contribution is 7.99. The summed E-state index contributed by atoms with van der Waals surface area (Å²) in [6, 6.07) is 9.22. The number of fused-ring (bicyclic) bond motifs is 1. The second kappa shape index (κ2) is 9.32. The molecule has 0 aliphatic carbocycles. The molecule has 156 valence electrons. The zero-order valence-electron chi connectivity index (χ0n) is 16.8. The van der Waals surface area contributed by atoms with Crippen LogP contribution in [0.2, 0.25) is 0 Å². The van der Waals surface area contributed by atoms with Gasteiger partial charge in [0.25, 0.3) is 5.56 Å². The van der Waals surface area contributed by atoms with Crippen LogP contribution in [0.4, 0.5) is 0 Å². The van der Waals surface area contributed by atoms with E-state index in [1.807, 2.05) is 30.3 Å². The van der Waals surface area contributed by atoms with Crippen LogP contribution in [0.1, 0.15) is 20.3 Å². The number of para-hydroxylation sites is 1. The summed E-state index contributed by atoms with van der Waals surface area (Å²) in [5.41, 5.74) is -0.443. The number of aliphatic hydroxyl groups is 1. The van der Waals surface area contributed by atoms with Gasteiger partial charge in [-0.2, -0.15) is 0 Å². The molecular formula is C20H26N4O4S. The fourth-order valence-electron chi connectivity index (χ4n) is 2.85. The van der Waals surface area contributed by atoms with Gasteiger partial charge in [0.05, 0.1) is 6.54 Å². The minimum atomic E-state index is -0.853. The fourth-order valence-corrected chi connectivity index (χ4v) is 4.10. The Bertz CT molecular complexity index is 1070.